The van der Waals surface area contributed by atoms with Gasteiger partial charge in [0.1, 0.15) is 54.1 Å². The first-order chi connectivity index (χ1) is 37.9. The zero-order valence-electron chi connectivity index (χ0n) is 46.5. The molecule has 1 heterocycles. The molecule has 1 fully saturated rings. The molecule has 0 saturated carbocycles. The third kappa shape index (κ3) is 24.8. The summed E-state index contributed by atoms with van der Waals surface area (Å²) in [6.45, 7) is 7.24. The summed E-state index contributed by atoms with van der Waals surface area (Å²) >= 11 is 0. The number of phenols is 1. The van der Waals surface area contributed by atoms with Crippen molar-refractivity contribution in [3.05, 3.63) is 29.8 Å². The van der Waals surface area contributed by atoms with Gasteiger partial charge in [-0.05, 0) is 86.9 Å². The van der Waals surface area contributed by atoms with E-state index in [1.807, 2.05) is 0 Å². The molecule has 10 atom stereocenters. The summed E-state index contributed by atoms with van der Waals surface area (Å²) in [4.78, 5) is 166. The minimum Gasteiger partial charge on any atom is -0.508 e. The molecule has 31 heteroatoms. The summed E-state index contributed by atoms with van der Waals surface area (Å²) in [5, 5.41) is 48.9. The van der Waals surface area contributed by atoms with Crippen molar-refractivity contribution >= 4 is 72.9 Å². The predicted octanol–water partition coefficient (Wildman–Crippen LogP) is -3.91. The van der Waals surface area contributed by atoms with E-state index in [4.69, 9.17) is 17.2 Å². The summed E-state index contributed by atoms with van der Waals surface area (Å²) in [5.74, 6) is -12.1. The number of hydrogen-bond acceptors (Lipinski definition) is 17. The Kier molecular flexibility index (Phi) is 29.9. The molecule has 30 nitrogen and oxygen atoms in total. The highest BCUT2D eigenvalue weighted by Gasteiger charge is 2.41. The summed E-state index contributed by atoms with van der Waals surface area (Å²) in [6, 6.07) is -7.07. The van der Waals surface area contributed by atoms with E-state index in [-0.39, 0.29) is 63.2 Å². The SMILES string of the molecule is CC[C@H](C)[C@H](NC(=O)[C@@H](NC(=O)[C@H](COP(=O)(O)O)NC(=O)CNC(=O)[C@H](CO)NC(=O)[C@@H](N)CCC(N)=O)C(C)C)C(=O)N[C@@H](Cc1ccc(O)cc1)C(=O)N1CCC[C@H]1C(=O)N[C@@H](CC(C)C)C(=O)N[C@@H](CCCCN)C(=O)O. The molecule has 1 aromatic carbocycles. The van der Waals surface area contributed by atoms with Gasteiger partial charge in [0, 0.05) is 19.4 Å². The fourth-order valence-corrected chi connectivity index (χ4v) is 8.70. The van der Waals surface area contributed by atoms with Crippen LogP contribution in [0.1, 0.15) is 105 Å². The smallest absolute Gasteiger partial charge is 0.469 e. The number of carboxylic acid groups (broad SMARTS) is 1. The number of nitrogens with zero attached hydrogens (tertiary/aromatic N) is 1. The number of carboxylic acids is 1. The number of aliphatic hydroxyl groups is 1. The molecule has 0 bridgehead atoms. The summed E-state index contributed by atoms with van der Waals surface area (Å²) < 4.78 is 16.2. The zero-order chi connectivity index (χ0) is 61.3. The number of hydrogen-bond donors (Lipinski definition) is 16. The molecule has 2 rings (SSSR count). The molecule has 1 aliphatic heterocycles. The van der Waals surface area contributed by atoms with Gasteiger partial charge >= 0.3 is 13.8 Å². The summed E-state index contributed by atoms with van der Waals surface area (Å²) in [7, 11) is -5.31. The first-order valence-electron chi connectivity index (χ1n) is 26.7. The van der Waals surface area contributed by atoms with Gasteiger partial charge in [-0.15, -0.1) is 0 Å². The van der Waals surface area contributed by atoms with Crippen molar-refractivity contribution in [2.24, 2.45) is 35.0 Å². The van der Waals surface area contributed by atoms with Crippen molar-refractivity contribution in [1.29, 1.82) is 0 Å². The molecular weight excluding hydrogens is 1090 g/mol. The van der Waals surface area contributed by atoms with Crippen molar-refractivity contribution in [3.63, 3.8) is 0 Å². The number of primary amides is 1. The average molecular weight is 1170 g/mol. The number of aliphatic hydroxyl groups excluding tert-OH is 1. The number of phenolic OH excluding ortho intramolecular Hbond substituents is 1. The molecular formula is C50H83N12O18P. The van der Waals surface area contributed by atoms with Gasteiger partial charge in [-0.25, -0.2) is 9.36 Å². The fourth-order valence-electron chi connectivity index (χ4n) is 8.35. The molecule has 1 aliphatic rings. The molecule has 1 saturated heterocycles. The van der Waals surface area contributed by atoms with Crippen LogP contribution >= 0.6 is 7.82 Å². The van der Waals surface area contributed by atoms with E-state index in [0.29, 0.717) is 31.4 Å². The lowest BCUT2D eigenvalue weighted by molar-refractivity contribution is -0.144. The number of nitrogens with one attached hydrogen (secondary N) is 8. The number of aromatic hydroxyl groups is 1. The van der Waals surface area contributed by atoms with Crippen molar-refractivity contribution in [3.8, 4) is 5.75 Å². The maximum absolute atomic E-state index is 14.7. The van der Waals surface area contributed by atoms with Crippen LogP contribution in [-0.4, -0.2) is 182 Å². The Bertz CT molecular complexity index is 2380. The van der Waals surface area contributed by atoms with Gasteiger partial charge in [0.15, 0.2) is 0 Å². The van der Waals surface area contributed by atoms with Gasteiger partial charge in [0.2, 0.25) is 59.1 Å². The predicted molar refractivity (Wildman–Crippen MR) is 289 cm³/mol. The molecule has 10 amide bonds. The second-order valence-corrected chi connectivity index (χ2v) is 21.8. The number of nitrogens with two attached hydrogens (primary N) is 3. The monoisotopic (exact) mass is 1170 g/mol. The number of carbonyl (C=O) groups is 11. The van der Waals surface area contributed by atoms with Crippen molar-refractivity contribution < 1.29 is 86.9 Å². The number of phosphoric ester groups is 1. The maximum atomic E-state index is 14.7. The van der Waals surface area contributed by atoms with E-state index in [0.717, 1.165) is 0 Å². The number of aliphatic carboxylic acids is 1. The lowest BCUT2D eigenvalue weighted by atomic mass is 9.95. The maximum Gasteiger partial charge on any atom is 0.469 e. The highest BCUT2D eigenvalue weighted by molar-refractivity contribution is 7.46. The lowest BCUT2D eigenvalue weighted by Crippen LogP contribution is -2.62. The van der Waals surface area contributed by atoms with Crippen LogP contribution in [0.5, 0.6) is 5.75 Å². The van der Waals surface area contributed by atoms with E-state index < -0.39 is 159 Å². The Morgan fingerprint density at radius 1 is 0.741 bits per heavy atom. The molecule has 19 N–H and O–H groups in total. The van der Waals surface area contributed by atoms with Crippen LogP contribution in [0.4, 0.5) is 0 Å². The van der Waals surface area contributed by atoms with Crippen LogP contribution < -0.4 is 59.7 Å². The number of phosphoric acid groups is 1. The molecule has 0 aliphatic carbocycles. The molecule has 1 aromatic rings. The molecule has 0 spiro atoms. The Balaban J connectivity index is 2.39. The Hall–Kier alpha value is -6.82. The normalized spacial score (nSPS) is 16.7. The van der Waals surface area contributed by atoms with Crippen molar-refractivity contribution in [2.45, 2.75) is 160 Å². The second-order valence-electron chi connectivity index (χ2n) is 20.6. The van der Waals surface area contributed by atoms with Crippen molar-refractivity contribution in [1.82, 2.24) is 47.4 Å². The first kappa shape index (κ1) is 70.3. The van der Waals surface area contributed by atoms with Gasteiger partial charge in [-0.1, -0.05) is 60.1 Å². The lowest BCUT2D eigenvalue weighted by Gasteiger charge is -2.32. The second kappa shape index (κ2) is 34.5. The van der Waals surface area contributed by atoms with Gasteiger partial charge in [-0.3, -0.25) is 52.5 Å². The summed E-state index contributed by atoms with van der Waals surface area (Å²) in [6.07, 6.45) is 1.34. The molecule has 456 valence electrons. The first-order valence-corrected chi connectivity index (χ1v) is 28.2. The summed E-state index contributed by atoms with van der Waals surface area (Å²) in [5.41, 5.74) is 16.8. The third-order valence-electron chi connectivity index (χ3n) is 13.1. The molecule has 0 radical (unpaired) electrons. The number of rotatable bonds is 36. The number of likely N-dealkylation sites (tertiary alicyclic amines) is 1. The van der Waals surface area contributed by atoms with Crippen molar-refractivity contribution in [2.75, 3.05) is 32.8 Å². The van der Waals surface area contributed by atoms with Gasteiger partial charge in [0.05, 0.1) is 25.8 Å². The highest BCUT2D eigenvalue weighted by atomic mass is 31.2. The number of carbonyl (C=O) groups excluding carboxylic acids is 10. The minimum atomic E-state index is -5.31. The van der Waals surface area contributed by atoms with Crippen LogP contribution in [-0.2, 0) is 68.2 Å². The van der Waals surface area contributed by atoms with E-state index >= 15 is 0 Å². The van der Waals surface area contributed by atoms with E-state index in [1.165, 1.54) is 43.0 Å². The number of unbranched alkanes of at least 4 members (excludes halogenated alkanes) is 1. The third-order valence-corrected chi connectivity index (χ3v) is 13.6. The standard InChI is InChI=1S/C50H83N12O18P/c1-7-28(6)41(61-47(72)40(27(4)5)60-45(70)36(25-80-81(77,78)79)55-39(66)23-54-43(68)35(24-63)59-42(67)31(52)17-18-38(53)65)48(73)58-34(22-29-13-15-30(64)16-14-29)49(74)62-20-10-12-37(62)46(71)57-33(21-26(2)3)44(69)56-32(50(75)76)11-8-9-19-51/h13-16,26-28,31-37,40-41,63-64H,7-12,17-25,51-52H2,1-6H3,(H2,53,65)(H,54,68)(H,55,66)(H,56,69)(H,57,71)(H,58,73)(H,59,67)(H,60,70)(H,61,72)(H,75,76)(H2,77,78,79)/t28-,31-,32-,33-,34-,35-,36-,37-,40-,41-/m0/s1. The van der Waals surface area contributed by atoms with Crippen LogP contribution in [0, 0.1) is 17.8 Å². The Morgan fingerprint density at radius 2 is 1.33 bits per heavy atom. The topological polar surface area (TPSA) is 493 Å². The number of benzene rings is 1. The van der Waals surface area contributed by atoms with Crippen LogP contribution in [0.2, 0.25) is 0 Å². The van der Waals surface area contributed by atoms with Gasteiger partial charge < -0.3 is 89.7 Å². The van der Waals surface area contributed by atoms with Gasteiger partial charge in [-0.2, -0.15) is 0 Å². The molecule has 0 aromatic heterocycles. The van der Waals surface area contributed by atoms with Gasteiger partial charge in [0.25, 0.3) is 0 Å². The van der Waals surface area contributed by atoms with Crippen LogP contribution in [0.25, 0.3) is 0 Å². The zero-order valence-corrected chi connectivity index (χ0v) is 47.4. The Labute approximate surface area is 469 Å². The Morgan fingerprint density at radius 3 is 1.89 bits per heavy atom. The fraction of sp³-hybridized carbons (Fsp3) is 0.660. The number of amides is 10. The van der Waals surface area contributed by atoms with E-state index in [1.54, 1.807) is 27.7 Å². The highest BCUT2D eigenvalue weighted by Crippen LogP contribution is 2.35. The average Bonchev–Trinajstić information content (AvgIpc) is 3.91. The van der Waals surface area contributed by atoms with Crippen LogP contribution in [0.3, 0.4) is 0 Å². The van der Waals surface area contributed by atoms with E-state index in [9.17, 15) is 82.4 Å². The molecule has 81 heavy (non-hydrogen) atoms. The van der Waals surface area contributed by atoms with E-state index in [2.05, 4.69) is 47.1 Å². The quantitative estimate of drug-likeness (QED) is 0.0225. The molecule has 0 unspecified atom stereocenters. The van der Waals surface area contributed by atoms with Crippen LogP contribution in [0.15, 0.2) is 24.3 Å². The largest absolute Gasteiger partial charge is 0.508 e. The minimum absolute atomic E-state index is 0.0555.